The number of nitrogens with one attached hydrogen (secondary N) is 1. The van der Waals surface area contributed by atoms with Crippen LogP contribution >= 0.6 is 11.3 Å². The highest BCUT2D eigenvalue weighted by atomic mass is 32.1. The molecule has 1 aromatic carbocycles. The van der Waals surface area contributed by atoms with Crippen molar-refractivity contribution in [1.29, 1.82) is 0 Å². The largest absolute Gasteiger partial charge is 0.506 e. The number of carbonyl (C=O) groups excluding carboxylic acids is 1. The van der Waals surface area contributed by atoms with Gasteiger partial charge in [0, 0.05) is 11.0 Å². The average Bonchev–Trinajstić information content (AvgIpc) is 2.83. The fourth-order valence-corrected chi connectivity index (χ4v) is 2.08. The number of thiophene rings is 1. The van der Waals surface area contributed by atoms with E-state index in [0.717, 1.165) is 10.4 Å². The zero-order valence-corrected chi connectivity index (χ0v) is 10.7. The smallest absolute Gasteiger partial charge is 0.248 e. The summed E-state index contributed by atoms with van der Waals surface area (Å²) in [5.41, 5.74) is 1.36. The maximum absolute atomic E-state index is 11.6. The van der Waals surface area contributed by atoms with Crippen LogP contribution < -0.4 is 5.32 Å². The number of hydrogen-bond acceptors (Lipinski definition) is 3. The van der Waals surface area contributed by atoms with Gasteiger partial charge in [-0.05, 0) is 42.1 Å². The molecule has 2 N–H and O–H groups in total. The number of carbonyl (C=O) groups is 1. The van der Waals surface area contributed by atoms with E-state index in [0.29, 0.717) is 5.69 Å². The Hall–Kier alpha value is -2.07. The molecule has 2 rings (SSSR count). The van der Waals surface area contributed by atoms with Crippen LogP contribution in [0, 0.1) is 6.92 Å². The number of phenols is 1. The summed E-state index contributed by atoms with van der Waals surface area (Å²) in [6.07, 6.45) is 3.19. The first kappa shape index (κ1) is 12.4. The Kier molecular flexibility index (Phi) is 3.79. The first-order chi connectivity index (χ1) is 8.65. The second-order valence-corrected chi connectivity index (χ2v) is 4.84. The fourth-order valence-electron chi connectivity index (χ4n) is 1.47. The third-order valence-electron chi connectivity index (χ3n) is 2.35. The van der Waals surface area contributed by atoms with Crippen molar-refractivity contribution in [2.45, 2.75) is 6.92 Å². The molecule has 3 nitrogen and oxygen atoms in total. The molecular weight excluding hydrogens is 246 g/mol. The molecule has 4 heteroatoms. The van der Waals surface area contributed by atoms with Gasteiger partial charge in [-0.25, -0.2) is 0 Å². The van der Waals surface area contributed by atoms with E-state index in [1.54, 1.807) is 29.5 Å². The van der Waals surface area contributed by atoms with Crippen molar-refractivity contribution < 1.29 is 9.90 Å². The van der Waals surface area contributed by atoms with Crippen molar-refractivity contribution in [1.82, 2.24) is 0 Å². The Labute approximate surface area is 109 Å². The molecule has 2 aromatic rings. The van der Waals surface area contributed by atoms with E-state index >= 15 is 0 Å². The predicted molar refractivity (Wildman–Crippen MR) is 74.8 cm³/mol. The van der Waals surface area contributed by atoms with Crippen molar-refractivity contribution in [2.24, 2.45) is 0 Å². The average molecular weight is 259 g/mol. The van der Waals surface area contributed by atoms with Gasteiger partial charge in [-0.2, -0.15) is 0 Å². The van der Waals surface area contributed by atoms with E-state index in [9.17, 15) is 9.90 Å². The number of benzene rings is 1. The molecule has 92 valence electrons. The minimum Gasteiger partial charge on any atom is -0.506 e. The molecule has 0 unspecified atom stereocenters. The van der Waals surface area contributed by atoms with Crippen LogP contribution in [0.5, 0.6) is 5.75 Å². The normalized spacial score (nSPS) is 10.7. The molecule has 1 amide bonds. The quantitative estimate of drug-likeness (QED) is 0.655. The number of amides is 1. The molecule has 0 spiro atoms. The molecule has 18 heavy (non-hydrogen) atoms. The Balaban J connectivity index is 2.03. The summed E-state index contributed by atoms with van der Waals surface area (Å²) >= 11 is 1.56. The van der Waals surface area contributed by atoms with Gasteiger partial charge in [0.1, 0.15) is 5.75 Å². The highest BCUT2D eigenvalue weighted by molar-refractivity contribution is 7.10. The Bertz CT molecular complexity index is 573. The Morgan fingerprint density at radius 2 is 2.22 bits per heavy atom. The summed E-state index contributed by atoms with van der Waals surface area (Å²) in [5.74, 6) is -0.185. The van der Waals surface area contributed by atoms with Gasteiger partial charge in [0.25, 0.3) is 0 Å². The van der Waals surface area contributed by atoms with Crippen LogP contribution in [0.15, 0.2) is 41.8 Å². The van der Waals surface area contributed by atoms with E-state index in [2.05, 4.69) is 5.32 Å². The van der Waals surface area contributed by atoms with Gasteiger partial charge < -0.3 is 10.4 Å². The van der Waals surface area contributed by atoms with Crippen molar-refractivity contribution >= 4 is 29.0 Å². The lowest BCUT2D eigenvalue weighted by atomic mass is 10.2. The zero-order valence-electron chi connectivity index (χ0n) is 9.88. The highest BCUT2D eigenvalue weighted by Crippen LogP contribution is 2.23. The predicted octanol–water partition coefficient (Wildman–Crippen LogP) is 3.41. The third kappa shape index (κ3) is 3.21. The summed E-state index contributed by atoms with van der Waals surface area (Å²) < 4.78 is 0. The van der Waals surface area contributed by atoms with Crippen molar-refractivity contribution in [3.63, 3.8) is 0 Å². The van der Waals surface area contributed by atoms with E-state index in [1.807, 2.05) is 30.5 Å². The van der Waals surface area contributed by atoms with Gasteiger partial charge in [-0.15, -0.1) is 11.3 Å². The minimum absolute atomic E-state index is 0.0767. The monoisotopic (exact) mass is 259 g/mol. The van der Waals surface area contributed by atoms with Crippen molar-refractivity contribution in [2.75, 3.05) is 5.32 Å². The van der Waals surface area contributed by atoms with Crippen LogP contribution in [-0.4, -0.2) is 11.0 Å². The molecule has 0 saturated carbocycles. The van der Waals surface area contributed by atoms with Gasteiger partial charge >= 0.3 is 0 Å². The molecule has 1 heterocycles. The third-order valence-corrected chi connectivity index (χ3v) is 3.19. The topological polar surface area (TPSA) is 49.3 Å². The molecule has 0 aliphatic carbocycles. The summed E-state index contributed by atoms with van der Waals surface area (Å²) in [5, 5.41) is 14.2. The van der Waals surface area contributed by atoms with Gasteiger partial charge in [-0.3, -0.25) is 4.79 Å². The van der Waals surface area contributed by atoms with E-state index in [-0.39, 0.29) is 11.7 Å². The number of phenolic OH excluding ortho intramolecular Hbond substituents is 1. The van der Waals surface area contributed by atoms with Crippen LogP contribution in [0.4, 0.5) is 5.69 Å². The minimum atomic E-state index is -0.262. The molecule has 0 aliphatic rings. The van der Waals surface area contributed by atoms with Gasteiger partial charge in [0.05, 0.1) is 5.69 Å². The molecule has 1 aromatic heterocycles. The SMILES string of the molecule is Cc1ccc(NC(=O)C=Cc2cccs2)c(O)c1. The first-order valence-electron chi connectivity index (χ1n) is 5.47. The molecule has 0 radical (unpaired) electrons. The molecule has 0 fully saturated rings. The fraction of sp³-hybridized carbons (Fsp3) is 0.0714. The maximum atomic E-state index is 11.6. The summed E-state index contributed by atoms with van der Waals surface area (Å²) in [6.45, 7) is 1.88. The molecular formula is C14H13NO2S. The van der Waals surface area contributed by atoms with Crippen LogP contribution in [-0.2, 0) is 4.79 Å². The number of aryl methyl sites for hydroxylation is 1. The van der Waals surface area contributed by atoms with Gasteiger partial charge in [0.15, 0.2) is 0 Å². The van der Waals surface area contributed by atoms with Crippen molar-refractivity contribution in [3.8, 4) is 5.75 Å². The number of rotatable bonds is 3. The molecule has 0 bridgehead atoms. The standard InChI is InChI=1S/C14H13NO2S/c1-10-4-6-12(13(16)9-10)15-14(17)7-5-11-3-2-8-18-11/h2-9,16H,1H3,(H,15,17). The van der Waals surface area contributed by atoms with Crippen LogP contribution in [0.2, 0.25) is 0 Å². The maximum Gasteiger partial charge on any atom is 0.248 e. The van der Waals surface area contributed by atoms with E-state index in [1.165, 1.54) is 6.08 Å². The zero-order chi connectivity index (χ0) is 13.0. The van der Waals surface area contributed by atoms with Crippen LogP contribution in [0.1, 0.15) is 10.4 Å². The van der Waals surface area contributed by atoms with Crippen molar-refractivity contribution in [3.05, 3.63) is 52.2 Å². The summed E-state index contributed by atoms with van der Waals surface area (Å²) in [7, 11) is 0. The molecule has 0 atom stereocenters. The van der Waals surface area contributed by atoms with E-state index < -0.39 is 0 Å². The van der Waals surface area contributed by atoms with Crippen LogP contribution in [0.25, 0.3) is 6.08 Å². The lowest BCUT2D eigenvalue weighted by Crippen LogP contribution is -2.07. The Morgan fingerprint density at radius 3 is 2.89 bits per heavy atom. The summed E-state index contributed by atoms with van der Waals surface area (Å²) in [6, 6.07) is 8.98. The Morgan fingerprint density at radius 1 is 1.39 bits per heavy atom. The number of aromatic hydroxyl groups is 1. The second-order valence-electron chi connectivity index (χ2n) is 3.86. The number of hydrogen-bond donors (Lipinski definition) is 2. The molecule has 0 aliphatic heterocycles. The lowest BCUT2D eigenvalue weighted by molar-refractivity contribution is -0.111. The van der Waals surface area contributed by atoms with E-state index in [4.69, 9.17) is 0 Å². The van der Waals surface area contributed by atoms with Gasteiger partial charge in [-0.1, -0.05) is 12.1 Å². The van der Waals surface area contributed by atoms with Crippen LogP contribution in [0.3, 0.4) is 0 Å². The summed E-state index contributed by atoms with van der Waals surface area (Å²) in [4.78, 5) is 12.7. The second kappa shape index (κ2) is 5.51. The highest BCUT2D eigenvalue weighted by Gasteiger charge is 2.03. The lowest BCUT2D eigenvalue weighted by Gasteiger charge is -2.05. The first-order valence-corrected chi connectivity index (χ1v) is 6.35. The molecule has 0 saturated heterocycles. The van der Waals surface area contributed by atoms with Gasteiger partial charge in [0.2, 0.25) is 5.91 Å². The number of anilines is 1.